The highest BCUT2D eigenvalue weighted by molar-refractivity contribution is 5.75. The van der Waals surface area contributed by atoms with Crippen LogP contribution in [0.25, 0.3) is 0 Å². The first-order chi connectivity index (χ1) is 8.60. The zero-order valence-electron chi connectivity index (χ0n) is 10.8. The third-order valence-corrected chi connectivity index (χ3v) is 2.67. The number of hydrogen-bond acceptors (Lipinski definition) is 3. The van der Waals surface area contributed by atoms with Crippen LogP contribution in [0.3, 0.4) is 0 Å². The van der Waals surface area contributed by atoms with Crippen molar-refractivity contribution in [1.29, 1.82) is 5.26 Å². The summed E-state index contributed by atoms with van der Waals surface area (Å²) in [5, 5.41) is 8.45. The molecule has 0 saturated heterocycles. The number of rotatable bonds is 6. The summed E-state index contributed by atoms with van der Waals surface area (Å²) < 4.78 is 2.98. The third kappa shape index (κ3) is 3.48. The fraction of sp³-hybridized carbons (Fsp3) is 0.583. The van der Waals surface area contributed by atoms with E-state index in [0.29, 0.717) is 19.5 Å². The number of hydrogen-bond donors (Lipinski definition) is 0. The Bertz CT molecular complexity index is 495. The molecule has 98 valence electrons. The zero-order chi connectivity index (χ0) is 13.5. The van der Waals surface area contributed by atoms with E-state index in [0.717, 1.165) is 6.42 Å². The minimum Gasteiger partial charge on any atom is -0.343 e. The number of amides is 1. The SMILES string of the molecule is CCCn1ccn(CC(=O)N(C)CCC#N)c1=O. The molecule has 0 fully saturated rings. The summed E-state index contributed by atoms with van der Waals surface area (Å²) in [6.07, 6.45) is 4.48. The molecule has 0 N–H and O–H groups in total. The van der Waals surface area contributed by atoms with Crippen LogP contribution < -0.4 is 5.69 Å². The molecule has 0 aliphatic heterocycles. The van der Waals surface area contributed by atoms with Gasteiger partial charge in [-0.15, -0.1) is 0 Å². The highest BCUT2D eigenvalue weighted by Crippen LogP contribution is 1.93. The van der Waals surface area contributed by atoms with Gasteiger partial charge in [-0.1, -0.05) is 6.92 Å². The molecular weight excluding hydrogens is 232 g/mol. The van der Waals surface area contributed by atoms with Gasteiger partial charge in [0.2, 0.25) is 5.91 Å². The van der Waals surface area contributed by atoms with Gasteiger partial charge in [0.25, 0.3) is 0 Å². The van der Waals surface area contributed by atoms with Gasteiger partial charge >= 0.3 is 5.69 Å². The van der Waals surface area contributed by atoms with E-state index in [-0.39, 0.29) is 18.1 Å². The monoisotopic (exact) mass is 250 g/mol. The number of aryl methyl sites for hydroxylation is 1. The topological polar surface area (TPSA) is 71.0 Å². The molecule has 1 amide bonds. The molecule has 1 heterocycles. The minimum atomic E-state index is -0.168. The molecule has 0 saturated carbocycles. The van der Waals surface area contributed by atoms with E-state index in [1.165, 1.54) is 9.47 Å². The molecule has 1 aromatic rings. The Labute approximate surface area is 106 Å². The quantitative estimate of drug-likeness (QED) is 0.735. The number of nitriles is 1. The lowest BCUT2D eigenvalue weighted by molar-refractivity contribution is -0.130. The van der Waals surface area contributed by atoms with Crippen LogP contribution in [0.15, 0.2) is 17.2 Å². The molecule has 0 atom stereocenters. The van der Waals surface area contributed by atoms with Crippen LogP contribution in [-0.2, 0) is 17.9 Å². The Morgan fingerprint density at radius 2 is 2.11 bits per heavy atom. The van der Waals surface area contributed by atoms with Gasteiger partial charge < -0.3 is 4.90 Å². The van der Waals surface area contributed by atoms with Crippen molar-refractivity contribution in [2.75, 3.05) is 13.6 Å². The number of aromatic nitrogens is 2. The minimum absolute atomic E-state index is 0.0253. The molecule has 0 spiro atoms. The fourth-order valence-corrected chi connectivity index (χ4v) is 1.59. The Hall–Kier alpha value is -2.03. The summed E-state index contributed by atoms with van der Waals surface area (Å²) in [5.74, 6) is -0.165. The Kier molecular flexibility index (Phi) is 5.18. The van der Waals surface area contributed by atoms with Crippen LogP contribution in [0, 0.1) is 11.3 Å². The fourth-order valence-electron chi connectivity index (χ4n) is 1.59. The number of carbonyl (C=O) groups is 1. The molecule has 0 aliphatic carbocycles. The van der Waals surface area contributed by atoms with Crippen LogP contribution in [0.1, 0.15) is 19.8 Å². The molecule has 0 aromatic carbocycles. The van der Waals surface area contributed by atoms with Crippen molar-refractivity contribution in [3.8, 4) is 6.07 Å². The van der Waals surface area contributed by atoms with Gasteiger partial charge in [0, 0.05) is 32.5 Å². The van der Waals surface area contributed by atoms with Crippen LogP contribution in [0.5, 0.6) is 0 Å². The highest BCUT2D eigenvalue weighted by atomic mass is 16.2. The molecule has 0 radical (unpaired) electrons. The lowest BCUT2D eigenvalue weighted by atomic mass is 10.4. The predicted molar refractivity (Wildman–Crippen MR) is 66.9 cm³/mol. The molecule has 0 bridgehead atoms. The van der Waals surface area contributed by atoms with Crippen molar-refractivity contribution in [2.45, 2.75) is 32.9 Å². The summed E-state index contributed by atoms with van der Waals surface area (Å²) >= 11 is 0. The van der Waals surface area contributed by atoms with Gasteiger partial charge in [0.15, 0.2) is 0 Å². The standard InChI is InChI=1S/C12H18N4O2/c1-3-6-15-8-9-16(12(15)18)10-11(17)14(2)7-4-5-13/h8-9H,3-4,6-7,10H2,1-2H3. The Morgan fingerprint density at radius 3 is 2.72 bits per heavy atom. The summed E-state index contributed by atoms with van der Waals surface area (Å²) in [7, 11) is 1.63. The van der Waals surface area contributed by atoms with Crippen LogP contribution in [-0.4, -0.2) is 33.5 Å². The van der Waals surface area contributed by atoms with E-state index in [4.69, 9.17) is 5.26 Å². The molecule has 18 heavy (non-hydrogen) atoms. The van der Waals surface area contributed by atoms with E-state index < -0.39 is 0 Å². The molecule has 1 rings (SSSR count). The third-order valence-electron chi connectivity index (χ3n) is 2.67. The van der Waals surface area contributed by atoms with Crippen molar-refractivity contribution >= 4 is 5.91 Å². The van der Waals surface area contributed by atoms with Crippen molar-refractivity contribution in [3.05, 3.63) is 22.9 Å². The van der Waals surface area contributed by atoms with Gasteiger partial charge in [-0.05, 0) is 6.42 Å². The first-order valence-corrected chi connectivity index (χ1v) is 5.96. The van der Waals surface area contributed by atoms with Crippen molar-refractivity contribution in [2.24, 2.45) is 0 Å². The molecule has 6 heteroatoms. The van der Waals surface area contributed by atoms with Crippen LogP contribution in [0.2, 0.25) is 0 Å². The Morgan fingerprint density at radius 1 is 1.44 bits per heavy atom. The summed E-state index contributed by atoms with van der Waals surface area (Å²) in [4.78, 5) is 25.1. The summed E-state index contributed by atoms with van der Waals surface area (Å²) in [6, 6.07) is 1.98. The summed E-state index contributed by atoms with van der Waals surface area (Å²) in [5.41, 5.74) is -0.168. The lowest BCUT2D eigenvalue weighted by Gasteiger charge is -2.15. The number of likely N-dealkylation sites (N-methyl/N-ethyl adjacent to an activating group) is 1. The maximum absolute atomic E-state index is 11.8. The number of nitrogens with zero attached hydrogens (tertiary/aromatic N) is 4. The first-order valence-electron chi connectivity index (χ1n) is 5.96. The second-order valence-corrected chi connectivity index (χ2v) is 4.13. The van der Waals surface area contributed by atoms with Crippen molar-refractivity contribution < 1.29 is 4.79 Å². The second kappa shape index (κ2) is 6.64. The van der Waals surface area contributed by atoms with Crippen LogP contribution in [0.4, 0.5) is 0 Å². The smallest absolute Gasteiger partial charge is 0.328 e. The van der Waals surface area contributed by atoms with E-state index in [1.807, 2.05) is 13.0 Å². The van der Waals surface area contributed by atoms with E-state index in [2.05, 4.69) is 0 Å². The van der Waals surface area contributed by atoms with Crippen molar-refractivity contribution in [3.63, 3.8) is 0 Å². The summed E-state index contributed by atoms with van der Waals surface area (Å²) in [6.45, 7) is 3.06. The second-order valence-electron chi connectivity index (χ2n) is 4.13. The average Bonchev–Trinajstić information content (AvgIpc) is 2.69. The van der Waals surface area contributed by atoms with Crippen LogP contribution >= 0.6 is 0 Å². The predicted octanol–water partition coefficient (Wildman–Crippen LogP) is 0.432. The molecule has 6 nitrogen and oxygen atoms in total. The number of imidazole rings is 1. The maximum Gasteiger partial charge on any atom is 0.328 e. The molecular formula is C12H18N4O2. The van der Waals surface area contributed by atoms with Gasteiger partial charge in [-0.25, -0.2) is 4.79 Å². The zero-order valence-corrected chi connectivity index (χ0v) is 10.8. The molecule has 1 aromatic heterocycles. The van der Waals surface area contributed by atoms with Crippen molar-refractivity contribution in [1.82, 2.24) is 14.0 Å². The maximum atomic E-state index is 11.8. The lowest BCUT2D eigenvalue weighted by Crippen LogP contribution is -2.34. The normalized spacial score (nSPS) is 10.1. The van der Waals surface area contributed by atoms with E-state index >= 15 is 0 Å². The molecule has 0 unspecified atom stereocenters. The van der Waals surface area contributed by atoms with E-state index in [1.54, 1.807) is 24.0 Å². The van der Waals surface area contributed by atoms with Gasteiger partial charge in [-0.3, -0.25) is 13.9 Å². The molecule has 0 aliphatic rings. The van der Waals surface area contributed by atoms with E-state index in [9.17, 15) is 9.59 Å². The number of carbonyl (C=O) groups excluding carboxylic acids is 1. The largest absolute Gasteiger partial charge is 0.343 e. The average molecular weight is 250 g/mol. The highest BCUT2D eigenvalue weighted by Gasteiger charge is 2.11. The van der Waals surface area contributed by atoms with Gasteiger partial charge in [0.05, 0.1) is 12.5 Å². The Balaban J connectivity index is 2.65. The first kappa shape index (κ1) is 14.0. The van der Waals surface area contributed by atoms with Gasteiger partial charge in [0.1, 0.15) is 6.54 Å². The van der Waals surface area contributed by atoms with Gasteiger partial charge in [-0.2, -0.15) is 5.26 Å².